The van der Waals surface area contributed by atoms with Crippen molar-refractivity contribution in [3.63, 3.8) is 0 Å². The second-order valence-electron chi connectivity index (χ2n) is 9.38. The van der Waals surface area contributed by atoms with Gasteiger partial charge < -0.3 is 9.64 Å². The summed E-state index contributed by atoms with van der Waals surface area (Å²) in [5.74, 6) is 3.64. The van der Waals surface area contributed by atoms with Gasteiger partial charge in [-0.15, -0.1) is 5.10 Å². The lowest BCUT2D eigenvalue weighted by Crippen LogP contribution is -2.50. The summed E-state index contributed by atoms with van der Waals surface area (Å²) < 4.78 is 5.96. The summed E-state index contributed by atoms with van der Waals surface area (Å²) in [5, 5.41) is 7.89. The standard InChI is InChI=1S/C21H29N3O2/c25-20(13-21-10-15-7-16(11-21)9-17(8-15)12-21)24-6-2-3-18(14-24)26-19-4-1-5-22-23-19/h1,4-5,15-18H,2-3,6-14H2. The molecule has 5 heteroatoms. The normalized spacial score (nSPS) is 38.4. The number of hydrogen-bond donors (Lipinski definition) is 0. The zero-order valence-electron chi connectivity index (χ0n) is 15.5. The van der Waals surface area contributed by atoms with Crippen LogP contribution >= 0.6 is 0 Å². The highest BCUT2D eigenvalue weighted by molar-refractivity contribution is 5.77. The third-order valence-corrected chi connectivity index (χ3v) is 7.26. The Hall–Kier alpha value is -1.65. The maximum atomic E-state index is 13.1. The van der Waals surface area contributed by atoms with Gasteiger partial charge in [-0.05, 0) is 80.6 Å². The highest BCUT2D eigenvalue weighted by Crippen LogP contribution is 2.61. The Kier molecular flexibility index (Phi) is 4.13. The van der Waals surface area contributed by atoms with Crippen LogP contribution in [0.25, 0.3) is 0 Å². The van der Waals surface area contributed by atoms with Gasteiger partial charge >= 0.3 is 0 Å². The van der Waals surface area contributed by atoms with E-state index in [1.54, 1.807) is 6.20 Å². The predicted octanol–water partition coefficient (Wildman–Crippen LogP) is 3.45. The van der Waals surface area contributed by atoms with Crippen molar-refractivity contribution in [3.05, 3.63) is 18.3 Å². The highest BCUT2D eigenvalue weighted by atomic mass is 16.5. The van der Waals surface area contributed by atoms with Crippen molar-refractivity contribution in [3.8, 4) is 5.88 Å². The van der Waals surface area contributed by atoms with Crippen LogP contribution in [-0.2, 0) is 4.79 Å². The van der Waals surface area contributed by atoms with Gasteiger partial charge in [-0.25, -0.2) is 0 Å². The van der Waals surface area contributed by atoms with Crippen LogP contribution in [0.4, 0.5) is 0 Å². The van der Waals surface area contributed by atoms with Gasteiger partial charge in [-0.3, -0.25) is 4.79 Å². The number of nitrogens with zero attached hydrogens (tertiary/aromatic N) is 3. The number of aromatic nitrogens is 2. The van der Waals surface area contributed by atoms with Gasteiger partial charge in [0.05, 0.1) is 6.54 Å². The lowest BCUT2D eigenvalue weighted by Gasteiger charge is -2.57. The summed E-state index contributed by atoms with van der Waals surface area (Å²) in [4.78, 5) is 15.2. The fourth-order valence-corrected chi connectivity index (χ4v) is 6.72. The summed E-state index contributed by atoms with van der Waals surface area (Å²) in [6.07, 6.45) is 12.7. The van der Waals surface area contributed by atoms with Crippen molar-refractivity contribution in [2.45, 2.75) is 63.9 Å². The van der Waals surface area contributed by atoms with E-state index in [1.807, 2.05) is 12.1 Å². The van der Waals surface area contributed by atoms with Gasteiger partial charge in [-0.1, -0.05) is 0 Å². The molecule has 5 fully saturated rings. The van der Waals surface area contributed by atoms with E-state index in [0.29, 0.717) is 23.7 Å². The van der Waals surface area contributed by atoms with Crippen LogP contribution in [0.15, 0.2) is 18.3 Å². The Morgan fingerprint density at radius 3 is 2.58 bits per heavy atom. The van der Waals surface area contributed by atoms with E-state index in [-0.39, 0.29) is 6.10 Å². The molecule has 140 valence electrons. The average molecular weight is 355 g/mol. The molecule has 1 aromatic heterocycles. The molecule has 4 bridgehead atoms. The van der Waals surface area contributed by atoms with E-state index in [1.165, 1.54) is 38.5 Å². The molecular formula is C21H29N3O2. The smallest absolute Gasteiger partial charge is 0.233 e. The van der Waals surface area contributed by atoms with Crippen LogP contribution in [0.3, 0.4) is 0 Å². The van der Waals surface area contributed by atoms with E-state index in [9.17, 15) is 4.79 Å². The first-order valence-electron chi connectivity index (χ1n) is 10.4. The molecule has 1 amide bonds. The lowest BCUT2D eigenvalue weighted by molar-refractivity contribution is -0.142. The molecule has 0 radical (unpaired) electrons. The predicted molar refractivity (Wildman–Crippen MR) is 97.5 cm³/mol. The van der Waals surface area contributed by atoms with Crippen molar-refractivity contribution >= 4 is 5.91 Å². The number of ether oxygens (including phenoxy) is 1. The first-order valence-corrected chi connectivity index (χ1v) is 10.4. The molecule has 4 aliphatic carbocycles. The molecule has 6 rings (SSSR count). The largest absolute Gasteiger partial charge is 0.471 e. The minimum Gasteiger partial charge on any atom is -0.471 e. The molecule has 0 N–H and O–H groups in total. The summed E-state index contributed by atoms with van der Waals surface area (Å²) in [6.45, 7) is 1.58. The summed E-state index contributed by atoms with van der Waals surface area (Å²) in [6, 6.07) is 3.67. The molecule has 5 nitrogen and oxygen atoms in total. The molecule has 1 atom stereocenters. The van der Waals surface area contributed by atoms with Crippen LogP contribution in [0.1, 0.15) is 57.8 Å². The molecule has 2 heterocycles. The second-order valence-corrected chi connectivity index (χ2v) is 9.38. The van der Waals surface area contributed by atoms with Gasteiger partial charge in [-0.2, -0.15) is 5.10 Å². The van der Waals surface area contributed by atoms with Crippen molar-refractivity contribution in [1.29, 1.82) is 0 Å². The number of rotatable bonds is 4. The van der Waals surface area contributed by atoms with Crippen LogP contribution < -0.4 is 4.74 Å². The van der Waals surface area contributed by atoms with Crippen LogP contribution in [0.2, 0.25) is 0 Å². The first-order chi connectivity index (χ1) is 12.7. The van der Waals surface area contributed by atoms with Crippen molar-refractivity contribution in [1.82, 2.24) is 15.1 Å². The van der Waals surface area contributed by atoms with Crippen LogP contribution in [-0.4, -0.2) is 40.2 Å². The van der Waals surface area contributed by atoms with Crippen LogP contribution in [0.5, 0.6) is 5.88 Å². The molecule has 1 aliphatic heterocycles. The highest BCUT2D eigenvalue weighted by Gasteiger charge is 2.51. The second kappa shape index (κ2) is 6.50. The molecule has 1 saturated heterocycles. The summed E-state index contributed by atoms with van der Waals surface area (Å²) in [5.41, 5.74) is 0.324. The van der Waals surface area contributed by atoms with Crippen molar-refractivity contribution in [2.24, 2.45) is 23.2 Å². The lowest BCUT2D eigenvalue weighted by atomic mass is 9.49. The third kappa shape index (κ3) is 3.21. The molecule has 1 unspecified atom stereocenters. The maximum absolute atomic E-state index is 13.1. The summed E-state index contributed by atoms with van der Waals surface area (Å²) >= 11 is 0. The SMILES string of the molecule is O=C(CC12CC3CC(CC(C3)C1)C2)N1CCCC(Oc2cccnn2)C1. The number of carbonyl (C=O) groups is 1. The molecule has 0 spiro atoms. The minimum atomic E-state index is 0.0424. The monoisotopic (exact) mass is 355 g/mol. The number of amides is 1. The number of hydrogen-bond acceptors (Lipinski definition) is 4. The van der Waals surface area contributed by atoms with E-state index >= 15 is 0 Å². The third-order valence-electron chi connectivity index (χ3n) is 7.26. The average Bonchev–Trinajstić information content (AvgIpc) is 2.61. The maximum Gasteiger partial charge on any atom is 0.233 e. The molecule has 1 aromatic rings. The summed E-state index contributed by atoms with van der Waals surface area (Å²) in [7, 11) is 0. The van der Waals surface area contributed by atoms with Crippen molar-refractivity contribution in [2.75, 3.05) is 13.1 Å². The van der Waals surface area contributed by atoms with Gasteiger partial charge in [0.15, 0.2) is 0 Å². The molecule has 26 heavy (non-hydrogen) atoms. The Bertz CT molecular complexity index is 627. The van der Waals surface area contributed by atoms with E-state index in [0.717, 1.165) is 43.6 Å². The Morgan fingerprint density at radius 2 is 1.92 bits per heavy atom. The molecule has 0 aromatic carbocycles. The van der Waals surface area contributed by atoms with Crippen molar-refractivity contribution < 1.29 is 9.53 Å². The number of likely N-dealkylation sites (tertiary alicyclic amines) is 1. The number of carbonyl (C=O) groups excluding carboxylic acids is 1. The zero-order valence-corrected chi connectivity index (χ0v) is 15.5. The topological polar surface area (TPSA) is 55.3 Å². The van der Waals surface area contributed by atoms with Gasteiger partial charge in [0.25, 0.3) is 0 Å². The van der Waals surface area contributed by atoms with E-state index < -0.39 is 0 Å². The quantitative estimate of drug-likeness (QED) is 0.830. The fraction of sp³-hybridized carbons (Fsp3) is 0.762. The van der Waals surface area contributed by atoms with Crippen LogP contribution in [0, 0.1) is 23.2 Å². The molecule has 5 aliphatic rings. The number of piperidine rings is 1. The van der Waals surface area contributed by atoms with E-state index in [2.05, 4.69) is 15.1 Å². The Balaban J connectivity index is 1.22. The molecular weight excluding hydrogens is 326 g/mol. The first kappa shape index (κ1) is 16.5. The van der Waals surface area contributed by atoms with Gasteiger partial charge in [0.1, 0.15) is 6.10 Å². The minimum absolute atomic E-state index is 0.0424. The molecule has 4 saturated carbocycles. The van der Waals surface area contributed by atoms with E-state index in [4.69, 9.17) is 4.74 Å². The Labute approximate surface area is 155 Å². The zero-order chi connectivity index (χ0) is 17.6. The van der Waals surface area contributed by atoms with Gasteiger partial charge in [0, 0.05) is 25.2 Å². The Morgan fingerprint density at radius 1 is 1.19 bits per heavy atom. The van der Waals surface area contributed by atoms with Gasteiger partial charge in [0.2, 0.25) is 11.8 Å². The fourth-order valence-electron chi connectivity index (χ4n) is 6.72.